The Hall–Kier alpha value is -2.43. The highest BCUT2D eigenvalue weighted by atomic mass is 19.2. The van der Waals surface area contributed by atoms with Gasteiger partial charge >= 0.3 is 0 Å². The number of hydrogen-bond donors (Lipinski definition) is 2. The standard InChI is InChI=1S/C13H8F2O3/c14-9-6-8(12(17)13(18)10(9)15)11(16)7-4-2-1-3-5-7/h1-6,17-18H. The number of phenolic OH excluding ortho intramolecular Hbond substituents is 2. The van der Waals surface area contributed by atoms with Crippen molar-refractivity contribution in [3.8, 4) is 11.5 Å². The second kappa shape index (κ2) is 4.44. The zero-order valence-electron chi connectivity index (χ0n) is 9.02. The molecular formula is C13H8F2O3. The number of rotatable bonds is 2. The lowest BCUT2D eigenvalue weighted by Gasteiger charge is -2.07. The van der Waals surface area contributed by atoms with Gasteiger partial charge in [-0.2, -0.15) is 4.39 Å². The van der Waals surface area contributed by atoms with E-state index in [1.807, 2.05) is 0 Å². The number of ketones is 1. The third-order valence-electron chi connectivity index (χ3n) is 2.45. The smallest absolute Gasteiger partial charge is 0.204 e. The predicted molar refractivity (Wildman–Crippen MR) is 59.6 cm³/mol. The summed E-state index contributed by atoms with van der Waals surface area (Å²) in [6.07, 6.45) is 0. The Labute approximate surface area is 101 Å². The topological polar surface area (TPSA) is 57.5 Å². The molecule has 0 atom stereocenters. The van der Waals surface area contributed by atoms with Crippen molar-refractivity contribution in [3.05, 3.63) is 59.2 Å². The Balaban J connectivity index is 2.56. The quantitative estimate of drug-likeness (QED) is 0.636. The minimum Gasteiger partial charge on any atom is -0.504 e. The molecule has 0 aliphatic carbocycles. The van der Waals surface area contributed by atoms with Crippen molar-refractivity contribution in [2.24, 2.45) is 0 Å². The summed E-state index contributed by atoms with van der Waals surface area (Å²) in [5.74, 6) is -5.93. The molecular weight excluding hydrogens is 242 g/mol. The summed E-state index contributed by atoms with van der Waals surface area (Å²) in [6.45, 7) is 0. The van der Waals surface area contributed by atoms with Gasteiger partial charge in [-0.1, -0.05) is 30.3 Å². The first-order valence-electron chi connectivity index (χ1n) is 5.02. The van der Waals surface area contributed by atoms with E-state index in [1.54, 1.807) is 18.2 Å². The van der Waals surface area contributed by atoms with E-state index < -0.39 is 34.5 Å². The van der Waals surface area contributed by atoms with Crippen LogP contribution >= 0.6 is 0 Å². The molecule has 18 heavy (non-hydrogen) atoms. The van der Waals surface area contributed by atoms with Crippen LogP contribution in [0.1, 0.15) is 15.9 Å². The van der Waals surface area contributed by atoms with Crippen molar-refractivity contribution in [3.63, 3.8) is 0 Å². The predicted octanol–water partition coefficient (Wildman–Crippen LogP) is 2.61. The molecule has 0 saturated carbocycles. The first-order chi connectivity index (χ1) is 8.52. The van der Waals surface area contributed by atoms with Gasteiger partial charge in [-0.25, -0.2) is 4.39 Å². The van der Waals surface area contributed by atoms with E-state index in [0.29, 0.717) is 6.07 Å². The fourth-order valence-electron chi connectivity index (χ4n) is 1.52. The minimum atomic E-state index is -1.59. The lowest BCUT2D eigenvalue weighted by molar-refractivity contribution is 0.103. The van der Waals surface area contributed by atoms with Gasteiger partial charge in [-0.3, -0.25) is 4.79 Å². The van der Waals surface area contributed by atoms with Gasteiger partial charge in [-0.05, 0) is 6.07 Å². The summed E-state index contributed by atoms with van der Waals surface area (Å²) < 4.78 is 26.0. The van der Waals surface area contributed by atoms with E-state index in [9.17, 15) is 18.7 Å². The van der Waals surface area contributed by atoms with Crippen molar-refractivity contribution in [2.45, 2.75) is 0 Å². The fraction of sp³-hybridized carbons (Fsp3) is 0. The Kier molecular flexibility index (Phi) is 2.97. The number of benzene rings is 2. The summed E-state index contributed by atoms with van der Waals surface area (Å²) in [7, 11) is 0. The number of halogens is 2. The summed E-state index contributed by atoms with van der Waals surface area (Å²) in [6, 6.07) is 8.33. The second-order valence-electron chi connectivity index (χ2n) is 3.61. The number of aromatic hydroxyl groups is 2. The number of carbonyl (C=O) groups is 1. The van der Waals surface area contributed by atoms with Gasteiger partial charge in [0.2, 0.25) is 5.82 Å². The first kappa shape index (κ1) is 12.0. The van der Waals surface area contributed by atoms with Crippen LogP contribution in [-0.4, -0.2) is 16.0 Å². The third-order valence-corrected chi connectivity index (χ3v) is 2.45. The SMILES string of the molecule is O=C(c1ccccc1)c1cc(F)c(F)c(O)c1O. The lowest BCUT2D eigenvalue weighted by Crippen LogP contribution is -2.03. The molecule has 2 aromatic carbocycles. The Morgan fingerprint density at radius 2 is 1.61 bits per heavy atom. The average molecular weight is 250 g/mol. The van der Waals surface area contributed by atoms with Crippen molar-refractivity contribution in [1.82, 2.24) is 0 Å². The van der Waals surface area contributed by atoms with E-state index in [1.165, 1.54) is 12.1 Å². The van der Waals surface area contributed by atoms with Gasteiger partial charge in [0, 0.05) is 5.56 Å². The van der Waals surface area contributed by atoms with Gasteiger partial charge in [0.25, 0.3) is 0 Å². The number of carbonyl (C=O) groups excluding carboxylic acids is 1. The molecule has 2 aromatic rings. The van der Waals surface area contributed by atoms with E-state index in [-0.39, 0.29) is 5.56 Å². The molecule has 0 fully saturated rings. The van der Waals surface area contributed by atoms with Crippen molar-refractivity contribution in [2.75, 3.05) is 0 Å². The monoisotopic (exact) mass is 250 g/mol. The number of phenols is 2. The zero-order valence-corrected chi connectivity index (χ0v) is 9.02. The third kappa shape index (κ3) is 1.90. The second-order valence-corrected chi connectivity index (χ2v) is 3.61. The molecule has 0 bridgehead atoms. The first-order valence-corrected chi connectivity index (χ1v) is 5.02. The van der Waals surface area contributed by atoms with Crippen LogP contribution in [-0.2, 0) is 0 Å². The molecule has 0 spiro atoms. The summed E-state index contributed by atoms with van der Waals surface area (Å²) in [5, 5.41) is 18.6. The van der Waals surface area contributed by atoms with Crippen LogP contribution in [0.15, 0.2) is 36.4 Å². The van der Waals surface area contributed by atoms with Crippen LogP contribution in [0.5, 0.6) is 11.5 Å². The Morgan fingerprint density at radius 3 is 2.22 bits per heavy atom. The largest absolute Gasteiger partial charge is 0.504 e. The molecule has 0 amide bonds. The molecule has 0 heterocycles. The molecule has 5 heteroatoms. The maximum atomic E-state index is 13.1. The van der Waals surface area contributed by atoms with Gasteiger partial charge < -0.3 is 10.2 Å². The van der Waals surface area contributed by atoms with Gasteiger partial charge in [0.15, 0.2) is 23.1 Å². The van der Waals surface area contributed by atoms with E-state index in [4.69, 9.17) is 5.11 Å². The normalized spacial score (nSPS) is 10.3. The van der Waals surface area contributed by atoms with Gasteiger partial charge in [-0.15, -0.1) is 0 Å². The minimum absolute atomic E-state index is 0.193. The zero-order chi connectivity index (χ0) is 13.3. The summed E-state index contributed by atoms with van der Waals surface area (Å²) in [5.41, 5.74) is -0.296. The van der Waals surface area contributed by atoms with Crippen LogP contribution in [0.3, 0.4) is 0 Å². The summed E-state index contributed by atoms with van der Waals surface area (Å²) >= 11 is 0. The van der Waals surface area contributed by atoms with E-state index in [2.05, 4.69) is 0 Å². The lowest BCUT2D eigenvalue weighted by atomic mass is 10.0. The highest BCUT2D eigenvalue weighted by molar-refractivity contribution is 6.11. The van der Waals surface area contributed by atoms with E-state index in [0.717, 1.165) is 0 Å². The Bertz CT molecular complexity index is 609. The molecule has 0 radical (unpaired) electrons. The summed E-state index contributed by atoms with van der Waals surface area (Å²) in [4.78, 5) is 11.9. The fourth-order valence-corrected chi connectivity index (χ4v) is 1.52. The van der Waals surface area contributed by atoms with E-state index >= 15 is 0 Å². The van der Waals surface area contributed by atoms with Crippen LogP contribution in [0.4, 0.5) is 8.78 Å². The van der Waals surface area contributed by atoms with Gasteiger partial charge in [0.05, 0.1) is 5.56 Å². The average Bonchev–Trinajstić information content (AvgIpc) is 2.41. The number of hydrogen-bond acceptors (Lipinski definition) is 3. The van der Waals surface area contributed by atoms with Crippen molar-refractivity contribution in [1.29, 1.82) is 0 Å². The molecule has 2 N–H and O–H groups in total. The van der Waals surface area contributed by atoms with Crippen LogP contribution in [0, 0.1) is 11.6 Å². The van der Waals surface area contributed by atoms with Crippen molar-refractivity contribution >= 4 is 5.78 Å². The van der Waals surface area contributed by atoms with Crippen LogP contribution in [0.25, 0.3) is 0 Å². The Morgan fingerprint density at radius 1 is 1.00 bits per heavy atom. The highest BCUT2D eigenvalue weighted by Crippen LogP contribution is 2.34. The molecule has 92 valence electrons. The molecule has 0 saturated heterocycles. The molecule has 0 aliphatic rings. The molecule has 2 rings (SSSR count). The van der Waals surface area contributed by atoms with Crippen LogP contribution in [0.2, 0.25) is 0 Å². The molecule has 3 nitrogen and oxygen atoms in total. The molecule has 0 aromatic heterocycles. The van der Waals surface area contributed by atoms with Crippen molar-refractivity contribution < 1.29 is 23.8 Å². The maximum Gasteiger partial charge on any atom is 0.204 e. The molecule has 0 unspecified atom stereocenters. The van der Waals surface area contributed by atoms with Gasteiger partial charge in [0.1, 0.15) is 0 Å². The maximum absolute atomic E-state index is 13.1. The highest BCUT2D eigenvalue weighted by Gasteiger charge is 2.22. The molecule has 0 aliphatic heterocycles. The van der Waals surface area contributed by atoms with Crippen LogP contribution < -0.4 is 0 Å².